The molecule has 0 radical (unpaired) electrons. The fourth-order valence-corrected chi connectivity index (χ4v) is 4.06. The topological polar surface area (TPSA) is 75.7 Å². The molecule has 2 rings (SSSR count). The standard InChI is InChI=1S/C18H28N2O4S/c1-4-25(22,23)20-11-5-6-16(13-20)18(21)19-12-15-7-9-17(10-8-15)24-14(2)3/h7-10,14,16H,4-6,11-13H2,1-3H3,(H,19,21). The number of rotatable bonds is 7. The van der Waals surface area contributed by atoms with Crippen molar-refractivity contribution in [2.24, 2.45) is 5.92 Å². The summed E-state index contributed by atoms with van der Waals surface area (Å²) in [5, 5.41) is 2.92. The van der Waals surface area contributed by atoms with Gasteiger partial charge in [0, 0.05) is 19.6 Å². The lowest BCUT2D eigenvalue weighted by atomic mass is 9.99. The van der Waals surface area contributed by atoms with Crippen LogP contribution in [0, 0.1) is 5.92 Å². The summed E-state index contributed by atoms with van der Waals surface area (Å²) >= 11 is 0. The number of piperidine rings is 1. The fraction of sp³-hybridized carbons (Fsp3) is 0.611. The number of hydrogen-bond acceptors (Lipinski definition) is 4. The molecule has 1 heterocycles. The molecule has 1 saturated heterocycles. The van der Waals surface area contributed by atoms with Gasteiger partial charge in [-0.15, -0.1) is 0 Å². The van der Waals surface area contributed by atoms with Crippen LogP contribution in [-0.2, 0) is 21.4 Å². The second-order valence-electron chi connectivity index (χ2n) is 6.63. The summed E-state index contributed by atoms with van der Waals surface area (Å²) in [5.41, 5.74) is 0.985. The van der Waals surface area contributed by atoms with Gasteiger partial charge < -0.3 is 10.1 Å². The Balaban J connectivity index is 1.87. The van der Waals surface area contributed by atoms with Crippen molar-refractivity contribution in [1.29, 1.82) is 0 Å². The lowest BCUT2D eigenvalue weighted by Crippen LogP contribution is -2.45. The van der Waals surface area contributed by atoms with E-state index in [0.717, 1.165) is 24.2 Å². The van der Waals surface area contributed by atoms with E-state index in [1.165, 1.54) is 4.31 Å². The summed E-state index contributed by atoms with van der Waals surface area (Å²) in [6.07, 6.45) is 1.57. The van der Waals surface area contributed by atoms with E-state index in [1.54, 1.807) is 6.92 Å². The van der Waals surface area contributed by atoms with Gasteiger partial charge in [-0.25, -0.2) is 12.7 Å². The molecule has 0 spiro atoms. The molecule has 1 amide bonds. The lowest BCUT2D eigenvalue weighted by molar-refractivity contribution is -0.126. The molecule has 7 heteroatoms. The number of carbonyl (C=O) groups is 1. The van der Waals surface area contributed by atoms with Gasteiger partial charge in [-0.1, -0.05) is 12.1 Å². The third-order valence-corrected chi connectivity index (χ3v) is 6.12. The van der Waals surface area contributed by atoms with E-state index < -0.39 is 10.0 Å². The van der Waals surface area contributed by atoms with Gasteiger partial charge in [0.1, 0.15) is 5.75 Å². The smallest absolute Gasteiger partial charge is 0.224 e. The molecule has 1 aromatic rings. The molecule has 1 unspecified atom stereocenters. The molecule has 0 saturated carbocycles. The van der Waals surface area contributed by atoms with Crippen molar-refractivity contribution in [3.63, 3.8) is 0 Å². The summed E-state index contributed by atoms with van der Waals surface area (Å²) in [6, 6.07) is 7.62. The predicted molar refractivity (Wildman–Crippen MR) is 97.8 cm³/mol. The second-order valence-corrected chi connectivity index (χ2v) is 8.88. The number of amides is 1. The summed E-state index contributed by atoms with van der Waals surface area (Å²) in [6.45, 7) is 6.80. The van der Waals surface area contributed by atoms with Crippen LogP contribution in [-0.4, -0.2) is 43.6 Å². The van der Waals surface area contributed by atoms with Crippen molar-refractivity contribution in [2.45, 2.75) is 46.3 Å². The molecule has 140 valence electrons. The van der Waals surface area contributed by atoms with E-state index in [2.05, 4.69) is 5.32 Å². The second kappa shape index (κ2) is 8.67. The highest BCUT2D eigenvalue weighted by atomic mass is 32.2. The van der Waals surface area contributed by atoms with Crippen molar-refractivity contribution in [1.82, 2.24) is 9.62 Å². The van der Waals surface area contributed by atoms with Crippen LogP contribution in [0.1, 0.15) is 39.2 Å². The lowest BCUT2D eigenvalue weighted by Gasteiger charge is -2.30. The third kappa shape index (κ3) is 5.71. The maximum absolute atomic E-state index is 12.4. The maximum Gasteiger partial charge on any atom is 0.224 e. The Morgan fingerprint density at radius 3 is 2.60 bits per heavy atom. The van der Waals surface area contributed by atoms with Crippen molar-refractivity contribution < 1.29 is 17.9 Å². The first-order valence-corrected chi connectivity index (χ1v) is 10.4. The Labute approximate surface area is 150 Å². The zero-order valence-corrected chi connectivity index (χ0v) is 16.0. The molecule has 6 nitrogen and oxygen atoms in total. The van der Waals surface area contributed by atoms with Gasteiger partial charge in [-0.2, -0.15) is 0 Å². The summed E-state index contributed by atoms with van der Waals surface area (Å²) in [7, 11) is -3.23. The van der Waals surface area contributed by atoms with E-state index in [9.17, 15) is 13.2 Å². The van der Waals surface area contributed by atoms with Crippen molar-refractivity contribution >= 4 is 15.9 Å². The fourth-order valence-electron chi connectivity index (χ4n) is 2.88. The molecule has 25 heavy (non-hydrogen) atoms. The van der Waals surface area contributed by atoms with Crippen LogP contribution in [0.2, 0.25) is 0 Å². The van der Waals surface area contributed by atoms with Gasteiger partial charge >= 0.3 is 0 Å². The van der Waals surface area contributed by atoms with Gasteiger partial charge in [-0.3, -0.25) is 4.79 Å². The number of nitrogens with one attached hydrogen (secondary N) is 1. The molecule has 1 fully saturated rings. The van der Waals surface area contributed by atoms with E-state index in [1.807, 2.05) is 38.1 Å². The van der Waals surface area contributed by atoms with Gasteiger partial charge in [-0.05, 0) is 51.3 Å². The van der Waals surface area contributed by atoms with Crippen LogP contribution in [0.25, 0.3) is 0 Å². The molecule has 1 N–H and O–H groups in total. The first kappa shape index (κ1) is 19.7. The van der Waals surface area contributed by atoms with Crippen LogP contribution in [0.4, 0.5) is 0 Å². The van der Waals surface area contributed by atoms with Crippen LogP contribution in [0.3, 0.4) is 0 Å². The van der Waals surface area contributed by atoms with Crippen molar-refractivity contribution in [3.8, 4) is 5.75 Å². The summed E-state index contributed by atoms with van der Waals surface area (Å²) in [4.78, 5) is 12.4. The Hall–Kier alpha value is -1.60. The Kier molecular flexibility index (Phi) is 6.84. The van der Waals surface area contributed by atoms with E-state index in [4.69, 9.17) is 4.74 Å². The zero-order valence-electron chi connectivity index (χ0n) is 15.2. The highest BCUT2D eigenvalue weighted by Gasteiger charge is 2.31. The Morgan fingerprint density at radius 2 is 2.00 bits per heavy atom. The maximum atomic E-state index is 12.4. The van der Waals surface area contributed by atoms with E-state index >= 15 is 0 Å². The van der Waals surface area contributed by atoms with Crippen molar-refractivity contribution in [2.75, 3.05) is 18.8 Å². The predicted octanol–water partition coefficient (Wildman–Crippen LogP) is 2.15. The number of benzene rings is 1. The van der Waals surface area contributed by atoms with Gasteiger partial charge in [0.25, 0.3) is 0 Å². The van der Waals surface area contributed by atoms with Crippen LogP contribution in [0.15, 0.2) is 24.3 Å². The largest absolute Gasteiger partial charge is 0.491 e. The molecule has 1 aromatic carbocycles. The molecule has 1 atom stereocenters. The summed E-state index contributed by atoms with van der Waals surface area (Å²) < 4.78 is 31.0. The molecule has 1 aliphatic heterocycles. The quantitative estimate of drug-likeness (QED) is 0.800. The van der Waals surface area contributed by atoms with Gasteiger partial charge in [0.15, 0.2) is 0 Å². The number of carbonyl (C=O) groups excluding carboxylic acids is 1. The minimum absolute atomic E-state index is 0.0755. The van der Waals surface area contributed by atoms with Gasteiger partial charge in [0.05, 0.1) is 17.8 Å². The Bertz CT molecular complexity index is 671. The highest BCUT2D eigenvalue weighted by molar-refractivity contribution is 7.89. The monoisotopic (exact) mass is 368 g/mol. The zero-order chi connectivity index (χ0) is 18.4. The molecule has 0 bridgehead atoms. The highest BCUT2D eigenvalue weighted by Crippen LogP contribution is 2.20. The molecule has 0 aliphatic carbocycles. The number of ether oxygens (including phenoxy) is 1. The third-order valence-electron chi connectivity index (χ3n) is 4.27. The average Bonchev–Trinajstić information content (AvgIpc) is 2.60. The SMILES string of the molecule is CCS(=O)(=O)N1CCCC(C(=O)NCc2ccc(OC(C)C)cc2)C1. The van der Waals surface area contributed by atoms with Gasteiger partial charge in [0.2, 0.25) is 15.9 Å². The van der Waals surface area contributed by atoms with Crippen molar-refractivity contribution in [3.05, 3.63) is 29.8 Å². The average molecular weight is 368 g/mol. The van der Waals surface area contributed by atoms with E-state index in [0.29, 0.717) is 13.1 Å². The minimum Gasteiger partial charge on any atom is -0.491 e. The molecule has 1 aliphatic rings. The number of nitrogens with zero attached hydrogens (tertiary/aromatic N) is 1. The normalized spacial score (nSPS) is 19.0. The molecular weight excluding hydrogens is 340 g/mol. The number of sulfonamides is 1. The summed E-state index contributed by atoms with van der Waals surface area (Å²) in [5.74, 6) is 0.515. The first-order chi connectivity index (χ1) is 11.8. The molecule has 0 aromatic heterocycles. The van der Waals surface area contributed by atoms with Crippen LogP contribution < -0.4 is 10.1 Å². The Morgan fingerprint density at radius 1 is 1.32 bits per heavy atom. The molecular formula is C18H28N2O4S. The van der Waals surface area contributed by atoms with E-state index in [-0.39, 0.29) is 30.2 Å². The first-order valence-electron chi connectivity index (χ1n) is 8.83. The number of hydrogen-bond donors (Lipinski definition) is 1. The van der Waals surface area contributed by atoms with Crippen LogP contribution in [0.5, 0.6) is 5.75 Å². The van der Waals surface area contributed by atoms with Crippen LogP contribution >= 0.6 is 0 Å². The minimum atomic E-state index is -3.23.